The highest BCUT2D eigenvalue weighted by atomic mass is 19.4. The Hall–Kier alpha value is -1.08. The predicted octanol–water partition coefficient (Wildman–Crippen LogP) is 2.75. The summed E-state index contributed by atoms with van der Waals surface area (Å²) in [6.07, 6.45) is 0.480. The molecule has 4 nitrogen and oxygen atoms in total. The molecule has 2 rings (SSSR count). The Bertz CT molecular complexity index is 425. The molecule has 20 heavy (non-hydrogen) atoms. The first-order valence-corrected chi connectivity index (χ1v) is 6.87. The third-order valence-electron chi connectivity index (χ3n) is 3.61. The Labute approximate surface area is 116 Å². The Morgan fingerprint density at radius 1 is 1.40 bits per heavy atom. The van der Waals surface area contributed by atoms with E-state index in [1.165, 1.54) is 10.9 Å². The normalized spacial score (nSPS) is 17.0. The van der Waals surface area contributed by atoms with Crippen LogP contribution in [0.4, 0.5) is 13.2 Å². The zero-order valence-corrected chi connectivity index (χ0v) is 11.5. The molecule has 1 saturated carbocycles. The van der Waals surface area contributed by atoms with Crippen LogP contribution in [0.2, 0.25) is 0 Å². The van der Waals surface area contributed by atoms with Crippen LogP contribution >= 0.6 is 0 Å². The monoisotopic (exact) mass is 291 g/mol. The molecule has 0 atom stereocenters. The molecular weight excluding hydrogens is 271 g/mol. The SMILES string of the molecule is COCCNCc1cnn(C2CCCC2)c1C(F)(F)F. The number of ether oxygens (including phenoxy) is 1. The molecule has 0 bridgehead atoms. The van der Waals surface area contributed by atoms with Crippen molar-refractivity contribution in [2.24, 2.45) is 0 Å². The van der Waals surface area contributed by atoms with E-state index in [4.69, 9.17) is 4.74 Å². The molecule has 1 aromatic rings. The summed E-state index contributed by atoms with van der Waals surface area (Å²) in [5, 5.41) is 6.93. The maximum Gasteiger partial charge on any atom is 0.433 e. The highest BCUT2D eigenvalue weighted by molar-refractivity contribution is 5.21. The molecule has 0 unspecified atom stereocenters. The molecule has 1 N–H and O–H groups in total. The summed E-state index contributed by atoms with van der Waals surface area (Å²) >= 11 is 0. The third kappa shape index (κ3) is 3.52. The summed E-state index contributed by atoms with van der Waals surface area (Å²) in [5.41, 5.74) is -0.394. The average Bonchev–Trinajstić information content (AvgIpc) is 3.01. The van der Waals surface area contributed by atoms with Gasteiger partial charge in [-0.15, -0.1) is 0 Å². The molecule has 114 valence electrons. The van der Waals surface area contributed by atoms with Gasteiger partial charge in [0.1, 0.15) is 5.69 Å². The van der Waals surface area contributed by atoms with Crippen LogP contribution in [0.5, 0.6) is 0 Å². The molecule has 1 aliphatic carbocycles. The summed E-state index contributed by atoms with van der Waals surface area (Å²) in [7, 11) is 1.56. The number of nitrogens with zero attached hydrogens (tertiary/aromatic N) is 2. The fourth-order valence-electron chi connectivity index (χ4n) is 2.66. The summed E-state index contributed by atoms with van der Waals surface area (Å²) in [6.45, 7) is 1.14. The van der Waals surface area contributed by atoms with Crippen molar-refractivity contribution in [3.8, 4) is 0 Å². The van der Waals surface area contributed by atoms with Gasteiger partial charge in [-0.25, -0.2) is 0 Å². The first-order chi connectivity index (χ1) is 9.54. The van der Waals surface area contributed by atoms with Crippen molar-refractivity contribution in [2.75, 3.05) is 20.3 Å². The van der Waals surface area contributed by atoms with Crippen LogP contribution in [-0.4, -0.2) is 30.0 Å². The largest absolute Gasteiger partial charge is 0.433 e. The second-order valence-electron chi connectivity index (χ2n) is 5.07. The molecule has 1 fully saturated rings. The minimum absolute atomic E-state index is 0.112. The Morgan fingerprint density at radius 2 is 2.10 bits per heavy atom. The van der Waals surface area contributed by atoms with Crippen molar-refractivity contribution in [3.05, 3.63) is 17.5 Å². The van der Waals surface area contributed by atoms with Crippen LogP contribution < -0.4 is 5.32 Å². The minimum atomic E-state index is -4.36. The van der Waals surface area contributed by atoms with Gasteiger partial charge in [0, 0.05) is 25.8 Å². The zero-order valence-electron chi connectivity index (χ0n) is 11.5. The molecule has 1 heterocycles. The van der Waals surface area contributed by atoms with Crippen LogP contribution in [0.25, 0.3) is 0 Å². The first kappa shape index (κ1) is 15.3. The number of alkyl halides is 3. The number of halogens is 3. The van der Waals surface area contributed by atoms with E-state index in [-0.39, 0.29) is 18.2 Å². The maximum absolute atomic E-state index is 13.3. The van der Waals surface area contributed by atoms with Gasteiger partial charge in [0.15, 0.2) is 0 Å². The number of rotatable bonds is 6. The molecule has 0 saturated heterocycles. The van der Waals surface area contributed by atoms with Crippen LogP contribution in [0.15, 0.2) is 6.20 Å². The van der Waals surface area contributed by atoms with Crippen molar-refractivity contribution < 1.29 is 17.9 Å². The lowest BCUT2D eigenvalue weighted by molar-refractivity contribution is -0.145. The number of methoxy groups -OCH3 is 1. The van der Waals surface area contributed by atoms with Gasteiger partial charge in [-0.2, -0.15) is 18.3 Å². The highest BCUT2D eigenvalue weighted by Gasteiger charge is 2.39. The van der Waals surface area contributed by atoms with Gasteiger partial charge < -0.3 is 10.1 Å². The molecule has 1 aliphatic rings. The Balaban J connectivity index is 2.14. The van der Waals surface area contributed by atoms with Crippen molar-refractivity contribution in [2.45, 2.75) is 44.4 Å². The minimum Gasteiger partial charge on any atom is -0.383 e. The average molecular weight is 291 g/mol. The summed E-state index contributed by atoms with van der Waals surface area (Å²) in [4.78, 5) is 0. The van der Waals surface area contributed by atoms with E-state index in [0.717, 1.165) is 25.7 Å². The molecule has 7 heteroatoms. The standard InChI is InChI=1S/C13H20F3N3O/c1-20-7-6-17-8-10-9-18-19(11-4-2-3-5-11)12(10)13(14,15)16/h9,11,17H,2-8H2,1H3. The fourth-order valence-corrected chi connectivity index (χ4v) is 2.66. The van der Waals surface area contributed by atoms with Gasteiger partial charge in [-0.3, -0.25) is 4.68 Å². The van der Waals surface area contributed by atoms with E-state index in [9.17, 15) is 13.2 Å². The lowest BCUT2D eigenvalue weighted by Crippen LogP contribution is -2.23. The lowest BCUT2D eigenvalue weighted by Gasteiger charge is -2.17. The number of hydrogen-bond donors (Lipinski definition) is 1. The highest BCUT2D eigenvalue weighted by Crippen LogP contribution is 2.37. The molecule has 0 radical (unpaired) electrons. The van der Waals surface area contributed by atoms with Gasteiger partial charge in [0.05, 0.1) is 18.8 Å². The number of aromatic nitrogens is 2. The maximum atomic E-state index is 13.3. The predicted molar refractivity (Wildman–Crippen MR) is 68.3 cm³/mol. The van der Waals surface area contributed by atoms with Crippen molar-refractivity contribution in [1.29, 1.82) is 0 Å². The summed E-state index contributed by atoms with van der Waals surface area (Å²) in [6, 6.07) is -0.112. The molecule has 0 amide bonds. The quantitative estimate of drug-likeness (QED) is 0.819. The third-order valence-corrected chi connectivity index (χ3v) is 3.61. The van der Waals surface area contributed by atoms with E-state index < -0.39 is 11.9 Å². The second kappa shape index (κ2) is 6.58. The van der Waals surface area contributed by atoms with Crippen LogP contribution in [0, 0.1) is 0 Å². The van der Waals surface area contributed by atoms with Gasteiger partial charge in [-0.1, -0.05) is 12.8 Å². The van der Waals surface area contributed by atoms with E-state index in [1.54, 1.807) is 7.11 Å². The number of hydrogen-bond acceptors (Lipinski definition) is 3. The van der Waals surface area contributed by atoms with Gasteiger partial charge >= 0.3 is 6.18 Å². The van der Waals surface area contributed by atoms with Crippen molar-refractivity contribution in [3.63, 3.8) is 0 Å². The van der Waals surface area contributed by atoms with Gasteiger partial charge in [0.25, 0.3) is 0 Å². The molecule has 0 spiro atoms. The summed E-state index contributed by atoms with van der Waals surface area (Å²) in [5.74, 6) is 0. The van der Waals surface area contributed by atoms with Crippen molar-refractivity contribution >= 4 is 0 Å². The Kier molecular flexibility index (Phi) is 5.04. The van der Waals surface area contributed by atoms with E-state index in [0.29, 0.717) is 13.2 Å². The molecular formula is C13H20F3N3O. The molecule has 1 aromatic heterocycles. The Morgan fingerprint density at radius 3 is 2.70 bits per heavy atom. The molecule has 0 aromatic carbocycles. The van der Waals surface area contributed by atoms with Crippen LogP contribution in [0.3, 0.4) is 0 Å². The van der Waals surface area contributed by atoms with Crippen molar-refractivity contribution in [1.82, 2.24) is 15.1 Å². The first-order valence-electron chi connectivity index (χ1n) is 6.87. The van der Waals surface area contributed by atoms with E-state index >= 15 is 0 Å². The lowest BCUT2D eigenvalue weighted by atomic mass is 10.2. The van der Waals surface area contributed by atoms with E-state index in [2.05, 4.69) is 10.4 Å². The molecule has 0 aliphatic heterocycles. The van der Waals surface area contributed by atoms with E-state index in [1.807, 2.05) is 0 Å². The summed E-state index contributed by atoms with van der Waals surface area (Å²) < 4.78 is 45.8. The van der Waals surface area contributed by atoms with Crippen LogP contribution in [0.1, 0.15) is 43.0 Å². The smallest absolute Gasteiger partial charge is 0.383 e. The van der Waals surface area contributed by atoms with Crippen LogP contribution in [-0.2, 0) is 17.5 Å². The zero-order chi connectivity index (χ0) is 14.6. The van der Waals surface area contributed by atoms with Gasteiger partial charge in [-0.05, 0) is 12.8 Å². The van der Waals surface area contributed by atoms with Gasteiger partial charge in [0.2, 0.25) is 0 Å². The second-order valence-corrected chi connectivity index (χ2v) is 5.07. The fraction of sp³-hybridized carbons (Fsp3) is 0.769. The topological polar surface area (TPSA) is 39.1 Å². The number of nitrogens with one attached hydrogen (secondary N) is 1.